The van der Waals surface area contributed by atoms with Gasteiger partial charge in [0.05, 0.1) is 12.6 Å². The van der Waals surface area contributed by atoms with Gasteiger partial charge >= 0.3 is 0 Å². The van der Waals surface area contributed by atoms with Crippen molar-refractivity contribution in [2.75, 3.05) is 31.1 Å². The first-order chi connectivity index (χ1) is 14.6. The van der Waals surface area contributed by atoms with Gasteiger partial charge in [-0.25, -0.2) is 4.98 Å². The fourth-order valence-electron chi connectivity index (χ4n) is 3.61. The van der Waals surface area contributed by atoms with Crippen LogP contribution in [-0.2, 0) is 6.54 Å². The molecular weight excluding hydrogens is 416 g/mol. The SMILES string of the molecule is C[C@@H](NC(=O)c1csc(CN2CCN(c3cccc(Cl)c3)CC2)n1)c1ccccc1. The third kappa shape index (κ3) is 5.19. The zero-order valence-corrected chi connectivity index (χ0v) is 18.5. The number of carbonyl (C=O) groups excluding carboxylic acids is 1. The predicted molar refractivity (Wildman–Crippen MR) is 123 cm³/mol. The summed E-state index contributed by atoms with van der Waals surface area (Å²) in [5.41, 5.74) is 2.75. The van der Waals surface area contributed by atoms with E-state index in [9.17, 15) is 4.79 Å². The van der Waals surface area contributed by atoms with Crippen LogP contribution in [0.1, 0.15) is 34.0 Å². The van der Waals surface area contributed by atoms with Gasteiger partial charge in [-0.15, -0.1) is 11.3 Å². The molecule has 1 aliphatic rings. The largest absolute Gasteiger partial charge is 0.369 e. The second-order valence-corrected chi connectivity index (χ2v) is 8.85. The Kier molecular flexibility index (Phi) is 6.67. The van der Waals surface area contributed by atoms with Crippen molar-refractivity contribution in [3.8, 4) is 0 Å². The summed E-state index contributed by atoms with van der Waals surface area (Å²) in [6.07, 6.45) is 0. The van der Waals surface area contributed by atoms with E-state index in [0.29, 0.717) is 5.69 Å². The lowest BCUT2D eigenvalue weighted by Crippen LogP contribution is -2.45. The lowest BCUT2D eigenvalue weighted by molar-refractivity contribution is 0.0935. The quantitative estimate of drug-likeness (QED) is 0.608. The maximum atomic E-state index is 12.6. The van der Waals surface area contributed by atoms with Crippen molar-refractivity contribution in [1.29, 1.82) is 0 Å². The fraction of sp³-hybridized carbons (Fsp3) is 0.304. The Morgan fingerprint density at radius 3 is 2.63 bits per heavy atom. The predicted octanol–water partition coefficient (Wildman–Crippen LogP) is 4.61. The molecule has 0 radical (unpaired) electrons. The van der Waals surface area contributed by atoms with Crippen molar-refractivity contribution in [1.82, 2.24) is 15.2 Å². The minimum Gasteiger partial charge on any atom is -0.369 e. The van der Waals surface area contributed by atoms with Crippen LogP contribution in [0.3, 0.4) is 0 Å². The van der Waals surface area contributed by atoms with E-state index in [0.717, 1.165) is 48.3 Å². The van der Waals surface area contributed by atoms with Gasteiger partial charge in [0.1, 0.15) is 10.7 Å². The number of nitrogens with one attached hydrogen (secondary N) is 1. The molecule has 1 aromatic heterocycles. The molecule has 0 aliphatic carbocycles. The standard InChI is InChI=1S/C23H25ClN4OS/c1-17(18-6-3-2-4-7-18)25-23(29)21-16-30-22(26-21)15-27-10-12-28(13-11-27)20-9-5-8-19(24)14-20/h2-9,14,16-17H,10-13,15H2,1H3,(H,25,29)/t17-/m1/s1. The smallest absolute Gasteiger partial charge is 0.271 e. The highest BCUT2D eigenvalue weighted by atomic mass is 35.5. The van der Waals surface area contributed by atoms with Gasteiger partial charge < -0.3 is 10.2 Å². The molecule has 7 heteroatoms. The maximum Gasteiger partial charge on any atom is 0.271 e. The van der Waals surface area contributed by atoms with Crippen LogP contribution < -0.4 is 10.2 Å². The normalized spacial score (nSPS) is 15.7. The number of rotatable bonds is 6. The minimum atomic E-state index is -0.125. The molecule has 0 saturated carbocycles. The van der Waals surface area contributed by atoms with Gasteiger partial charge in [0.25, 0.3) is 5.91 Å². The number of nitrogens with zero attached hydrogens (tertiary/aromatic N) is 3. The van der Waals surface area contributed by atoms with E-state index < -0.39 is 0 Å². The highest BCUT2D eigenvalue weighted by Crippen LogP contribution is 2.22. The number of halogens is 1. The van der Waals surface area contributed by atoms with Crippen LogP contribution in [-0.4, -0.2) is 42.0 Å². The Bertz CT molecular complexity index is 986. The molecule has 0 unspecified atom stereocenters. The van der Waals surface area contributed by atoms with E-state index >= 15 is 0 Å². The van der Waals surface area contributed by atoms with Gasteiger partial charge in [0.15, 0.2) is 0 Å². The number of aromatic nitrogens is 1. The summed E-state index contributed by atoms with van der Waals surface area (Å²) in [5.74, 6) is -0.125. The molecule has 156 valence electrons. The average molecular weight is 441 g/mol. The van der Waals surface area contributed by atoms with Crippen molar-refractivity contribution in [2.45, 2.75) is 19.5 Å². The van der Waals surface area contributed by atoms with E-state index in [1.807, 2.05) is 60.8 Å². The number of piperazine rings is 1. The van der Waals surface area contributed by atoms with Crippen molar-refractivity contribution < 1.29 is 4.79 Å². The lowest BCUT2D eigenvalue weighted by Gasteiger charge is -2.35. The fourth-order valence-corrected chi connectivity index (χ4v) is 4.61. The summed E-state index contributed by atoms with van der Waals surface area (Å²) < 4.78 is 0. The van der Waals surface area contributed by atoms with Crippen molar-refractivity contribution in [3.63, 3.8) is 0 Å². The third-order valence-corrected chi connectivity index (χ3v) is 6.40. The van der Waals surface area contributed by atoms with Crippen LogP contribution in [0, 0.1) is 0 Å². The molecule has 1 fully saturated rings. The monoisotopic (exact) mass is 440 g/mol. The Labute approximate surface area is 186 Å². The Balaban J connectivity index is 1.29. The van der Waals surface area contributed by atoms with Gasteiger partial charge in [-0.3, -0.25) is 9.69 Å². The van der Waals surface area contributed by atoms with Gasteiger partial charge in [0, 0.05) is 42.3 Å². The van der Waals surface area contributed by atoms with Crippen LogP contribution in [0.25, 0.3) is 0 Å². The molecule has 1 atom stereocenters. The number of carbonyl (C=O) groups is 1. The summed E-state index contributed by atoms with van der Waals surface area (Å²) in [6, 6.07) is 17.9. The van der Waals surface area contributed by atoms with Crippen LogP contribution in [0.15, 0.2) is 60.0 Å². The molecule has 1 amide bonds. The molecule has 1 saturated heterocycles. The van der Waals surface area contributed by atoms with Crippen LogP contribution in [0.5, 0.6) is 0 Å². The average Bonchev–Trinajstić information content (AvgIpc) is 3.23. The van der Waals surface area contributed by atoms with Crippen LogP contribution in [0.2, 0.25) is 5.02 Å². The Morgan fingerprint density at radius 2 is 1.90 bits per heavy atom. The second kappa shape index (κ2) is 9.60. The molecule has 1 aliphatic heterocycles. The van der Waals surface area contributed by atoms with Crippen molar-refractivity contribution in [2.24, 2.45) is 0 Å². The molecule has 0 spiro atoms. The zero-order valence-electron chi connectivity index (χ0n) is 16.9. The van der Waals surface area contributed by atoms with E-state index in [2.05, 4.69) is 26.2 Å². The summed E-state index contributed by atoms with van der Waals surface area (Å²) >= 11 is 7.67. The summed E-state index contributed by atoms with van der Waals surface area (Å²) in [4.78, 5) is 21.9. The highest BCUT2D eigenvalue weighted by molar-refractivity contribution is 7.09. The Hall–Kier alpha value is -2.41. The molecular formula is C23H25ClN4OS. The Morgan fingerprint density at radius 1 is 1.13 bits per heavy atom. The number of hydrogen-bond acceptors (Lipinski definition) is 5. The zero-order chi connectivity index (χ0) is 20.9. The second-order valence-electron chi connectivity index (χ2n) is 7.48. The molecule has 1 N–H and O–H groups in total. The first kappa shape index (κ1) is 20.8. The topological polar surface area (TPSA) is 48.5 Å². The van der Waals surface area contributed by atoms with Crippen LogP contribution in [0.4, 0.5) is 5.69 Å². The number of thiazole rings is 1. The molecule has 4 rings (SSSR count). The number of anilines is 1. The van der Waals surface area contributed by atoms with Crippen molar-refractivity contribution >= 4 is 34.5 Å². The van der Waals surface area contributed by atoms with E-state index in [1.54, 1.807) is 11.3 Å². The lowest BCUT2D eigenvalue weighted by atomic mass is 10.1. The van der Waals surface area contributed by atoms with Crippen molar-refractivity contribution in [3.05, 3.63) is 81.3 Å². The number of amides is 1. The van der Waals surface area contributed by atoms with E-state index in [4.69, 9.17) is 11.6 Å². The molecule has 5 nitrogen and oxygen atoms in total. The third-order valence-electron chi connectivity index (χ3n) is 5.34. The maximum absolute atomic E-state index is 12.6. The molecule has 2 heterocycles. The summed E-state index contributed by atoms with van der Waals surface area (Å²) in [6.45, 7) is 6.58. The van der Waals surface area contributed by atoms with Gasteiger partial charge in [-0.2, -0.15) is 0 Å². The van der Waals surface area contributed by atoms with Gasteiger partial charge in [-0.1, -0.05) is 48.0 Å². The van der Waals surface area contributed by atoms with Gasteiger partial charge in [-0.05, 0) is 30.7 Å². The van der Waals surface area contributed by atoms with Gasteiger partial charge in [0.2, 0.25) is 0 Å². The number of hydrogen-bond donors (Lipinski definition) is 1. The van der Waals surface area contributed by atoms with E-state index in [-0.39, 0.29) is 11.9 Å². The molecule has 0 bridgehead atoms. The highest BCUT2D eigenvalue weighted by Gasteiger charge is 2.20. The summed E-state index contributed by atoms with van der Waals surface area (Å²) in [7, 11) is 0. The first-order valence-corrected chi connectivity index (χ1v) is 11.4. The minimum absolute atomic E-state index is 0.0524. The molecule has 3 aromatic rings. The van der Waals surface area contributed by atoms with Crippen LogP contribution >= 0.6 is 22.9 Å². The summed E-state index contributed by atoms with van der Waals surface area (Å²) in [5, 5.41) is 6.63. The molecule has 30 heavy (non-hydrogen) atoms. The van der Waals surface area contributed by atoms with E-state index in [1.165, 1.54) is 5.69 Å². The first-order valence-electron chi connectivity index (χ1n) is 10.1. The number of benzene rings is 2. The molecule has 2 aromatic carbocycles.